The van der Waals surface area contributed by atoms with Gasteiger partial charge in [-0.3, -0.25) is 4.79 Å². The van der Waals surface area contributed by atoms with Crippen LogP contribution in [0.1, 0.15) is 31.2 Å². The molecule has 0 saturated heterocycles. The van der Waals surface area contributed by atoms with Crippen molar-refractivity contribution < 1.29 is 9.53 Å². The number of benzene rings is 1. The zero-order valence-corrected chi connectivity index (χ0v) is 12.7. The molecule has 4 heteroatoms. The van der Waals surface area contributed by atoms with Crippen LogP contribution in [0.4, 0.5) is 0 Å². The molecule has 1 saturated carbocycles. The van der Waals surface area contributed by atoms with E-state index in [4.69, 9.17) is 16.3 Å². The van der Waals surface area contributed by atoms with Gasteiger partial charge in [0.15, 0.2) is 0 Å². The van der Waals surface area contributed by atoms with Crippen molar-refractivity contribution in [3.63, 3.8) is 0 Å². The molecule has 110 valence electrons. The monoisotopic (exact) mass is 295 g/mol. The molecule has 0 aromatic heterocycles. The van der Waals surface area contributed by atoms with E-state index in [0.29, 0.717) is 18.9 Å². The van der Waals surface area contributed by atoms with E-state index in [2.05, 4.69) is 5.32 Å². The number of amides is 1. The van der Waals surface area contributed by atoms with Gasteiger partial charge in [-0.2, -0.15) is 0 Å². The Bertz CT molecular complexity index is 433. The van der Waals surface area contributed by atoms with E-state index in [-0.39, 0.29) is 11.3 Å². The molecule has 1 aliphatic carbocycles. The summed E-state index contributed by atoms with van der Waals surface area (Å²) in [5.41, 5.74) is 0.995. The molecule has 0 spiro atoms. The van der Waals surface area contributed by atoms with Crippen molar-refractivity contribution in [2.45, 2.75) is 37.5 Å². The van der Waals surface area contributed by atoms with Crippen molar-refractivity contribution >= 4 is 17.5 Å². The summed E-state index contributed by atoms with van der Waals surface area (Å²) in [7, 11) is 1.63. The zero-order valence-electron chi connectivity index (χ0n) is 11.9. The Kier molecular flexibility index (Phi) is 5.72. The molecule has 1 aromatic carbocycles. The minimum absolute atomic E-state index is 0.0598. The number of ether oxygens (including phenoxy) is 1. The van der Waals surface area contributed by atoms with E-state index in [0.717, 1.165) is 24.2 Å². The highest BCUT2D eigenvalue weighted by atomic mass is 35.5. The fourth-order valence-corrected chi connectivity index (χ4v) is 3.00. The molecular weight excluding hydrogens is 274 g/mol. The molecule has 0 radical (unpaired) electrons. The van der Waals surface area contributed by atoms with Crippen LogP contribution >= 0.6 is 11.6 Å². The third-order valence-electron chi connectivity index (χ3n) is 3.90. The first-order valence-electron chi connectivity index (χ1n) is 7.22. The number of halogens is 1. The minimum atomic E-state index is 0.0598. The number of alkyl halides is 1. The van der Waals surface area contributed by atoms with Gasteiger partial charge in [-0.25, -0.2) is 0 Å². The summed E-state index contributed by atoms with van der Waals surface area (Å²) in [5.74, 6) is 1.29. The molecule has 0 aliphatic heterocycles. The Balaban J connectivity index is 1.76. The molecule has 1 aromatic rings. The number of rotatable bonds is 5. The molecule has 20 heavy (non-hydrogen) atoms. The lowest BCUT2D eigenvalue weighted by Gasteiger charge is -2.27. The number of carbonyl (C=O) groups excluding carboxylic acids is 1. The first-order valence-corrected chi connectivity index (χ1v) is 7.66. The van der Waals surface area contributed by atoms with Gasteiger partial charge in [0.1, 0.15) is 5.75 Å². The quantitative estimate of drug-likeness (QED) is 0.848. The number of hydrogen-bond acceptors (Lipinski definition) is 2. The number of hydrogen-bond donors (Lipinski definition) is 1. The lowest BCUT2D eigenvalue weighted by Crippen LogP contribution is -2.35. The second-order valence-corrected chi connectivity index (χ2v) is 5.95. The van der Waals surface area contributed by atoms with Gasteiger partial charge in [0.2, 0.25) is 5.91 Å². The molecule has 0 heterocycles. The molecule has 1 amide bonds. The number of methoxy groups -OCH3 is 1. The maximum absolute atomic E-state index is 11.9. The van der Waals surface area contributed by atoms with Crippen LogP contribution in [0.25, 0.3) is 0 Å². The summed E-state index contributed by atoms with van der Waals surface area (Å²) in [6.45, 7) is 0.698. The highest BCUT2D eigenvalue weighted by Crippen LogP contribution is 2.27. The minimum Gasteiger partial charge on any atom is -0.497 e. The standard InChI is InChI=1S/C16H22ClNO2/c1-20-14-8-6-12(7-9-14)10-16(19)18-11-13-4-2-3-5-15(13)17/h6-9,13,15H,2-5,10-11H2,1H3,(H,18,19). The van der Waals surface area contributed by atoms with E-state index in [1.165, 1.54) is 12.8 Å². The Morgan fingerprint density at radius 1 is 1.30 bits per heavy atom. The largest absolute Gasteiger partial charge is 0.497 e. The third-order valence-corrected chi connectivity index (χ3v) is 4.48. The van der Waals surface area contributed by atoms with Crippen molar-refractivity contribution in [2.75, 3.05) is 13.7 Å². The topological polar surface area (TPSA) is 38.3 Å². The summed E-state index contributed by atoms with van der Waals surface area (Å²) in [6, 6.07) is 7.59. The second kappa shape index (κ2) is 7.53. The van der Waals surface area contributed by atoms with E-state index in [1.807, 2.05) is 24.3 Å². The van der Waals surface area contributed by atoms with Crippen molar-refractivity contribution in [3.8, 4) is 5.75 Å². The predicted molar refractivity (Wildman–Crippen MR) is 81.3 cm³/mol. The van der Waals surface area contributed by atoms with Gasteiger partial charge < -0.3 is 10.1 Å². The number of nitrogens with one attached hydrogen (secondary N) is 1. The van der Waals surface area contributed by atoms with Gasteiger partial charge in [-0.15, -0.1) is 11.6 Å². The maximum Gasteiger partial charge on any atom is 0.224 e. The Morgan fingerprint density at radius 3 is 2.65 bits per heavy atom. The molecule has 2 rings (SSSR count). The second-order valence-electron chi connectivity index (χ2n) is 5.39. The molecule has 3 nitrogen and oxygen atoms in total. The fourth-order valence-electron chi connectivity index (χ4n) is 2.63. The Morgan fingerprint density at radius 2 is 2.00 bits per heavy atom. The third kappa shape index (κ3) is 4.41. The van der Waals surface area contributed by atoms with Gasteiger partial charge in [-0.1, -0.05) is 25.0 Å². The smallest absolute Gasteiger partial charge is 0.224 e. The summed E-state index contributed by atoms with van der Waals surface area (Å²) in [6.07, 6.45) is 5.04. The van der Waals surface area contributed by atoms with Crippen LogP contribution in [0.2, 0.25) is 0 Å². The van der Waals surface area contributed by atoms with E-state index < -0.39 is 0 Å². The van der Waals surface area contributed by atoms with Gasteiger partial charge in [-0.05, 0) is 36.5 Å². The van der Waals surface area contributed by atoms with Crippen LogP contribution in [0.3, 0.4) is 0 Å². The molecule has 1 N–H and O–H groups in total. The summed E-state index contributed by atoms with van der Waals surface area (Å²) < 4.78 is 5.10. The van der Waals surface area contributed by atoms with E-state index in [9.17, 15) is 4.79 Å². The average molecular weight is 296 g/mol. The van der Waals surface area contributed by atoms with Crippen molar-refractivity contribution in [1.82, 2.24) is 5.32 Å². The van der Waals surface area contributed by atoms with Crippen molar-refractivity contribution in [2.24, 2.45) is 5.92 Å². The van der Waals surface area contributed by atoms with Gasteiger partial charge in [0, 0.05) is 11.9 Å². The van der Waals surface area contributed by atoms with Crippen molar-refractivity contribution in [3.05, 3.63) is 29.8 Å². The predicted octanol–water partition coefficient (Wildman–Crippen LogP) is 3.15. The molecule has 2 unspecified atom stereocenters. The first kappa shape index (κ1) is 15.2. The summed E-state index contributed by atoms with van der Waals surface area (Å²) in [4.78, 5) is 11.9. The van der Waals surface area contributed by atoms with Gasteiger partial charge in [0.25, 0.3) is 0 Å². The van der Waals surface area contributed by atoms with E-state index >= 15 is 0 Å². The SMILES string of the molecule is COc1ccc(CC(=O)NCC2CCCCC2Cl)cc1. The fraction of sp³-hybridized carbons (Fsp3) is 0.562. The molecular formula is C16H22ClNO2. The highest BCUT2D eigenvalue weighted by molar-refractivity contribution is 6.20. The van der Waals surface area contributed by atoms with Crippen LogP contribution < -0.4 is 10.1 Å². The summed E-state index contributed by atoms with van der Waals surface area (Å²) in [5, 5.41) is 3.22. The lowest BCUT2D eigenvalue weighted by atomic mass is 9.88. The van der Waals surface area contributed by atoms with Gasteiger partial charge in [0.05, 0.1) is 13.5 Å². The lowest BCUT2D eigenvalue weighted by molar-refractivity contribution is -0.120. The van der Waals surface area contributed by atoms with Crippen LogP contribution in [-0.4, -0.2) is 24.9 Å². The first-order chi connectivity index (χ1) is 9.69. The maximum atomic E-state index is 11.9. The van der Waals surface area contributed by atoms with Crippen LogP contribution in [-0.2, 0) is 11.2 Å². The zero-order chi connectivity index (χ0) is 14.4. The van der Waals surface area contributed by atoms with Crippen molar-refractivity contribution in [1.29, 1.82) is 0 Å². The Labute approximate surface area is 125 Å². The summed E-state index contributed by atoms with van der Waals surface area (Å²) >= 11 is 6.29. The van der Waals surface area contributed by atoms with Crippen LogP contribution in [0, 0.1) is 5.92 Å². The average Bonchev–Trinajstić information content (AvgIpc) is 2.47. The van der Waals surface area contributed by atoms with Crippen LogP contribution in [0.5, 0.6) is 5.75 Å². The molecule has 1 aliphatic rings. The number of carbonyl (C=O) groups is 1. The molecule has 0 bridgehead atoms. The van der Waals surface area contributed by atoms with Gasteiger partial charge >= 0.3 is 0 Å². The highest BCUT2D eigenvalue weighted by Gasteiger charge is 2.23. The Hall–Kier alpha value is -1.22. The van der Waals surface area contributed by atoms with Crippen LogP contribution in [0.15, 0.2) is 24.3 Å². The van der Waals surface area contributed by atoms with E-state index in [1.54, 1.807) is 7.11 Å². The normalized spacial score (nSPS) is 22.3. The molecule has 1 fully saturated rings. The molecule has 2 atom stereocenters.